The summed E-state index contributed by atoms with van der Waals surface area (Å²) in [5.74, 6) is 1.69. The van der Waals surface area contributed by atoms with E-state index in [0.29, 0.717) is 19.4 Å². The lowest BCUT2D eigenvalue weighted by molar-refractivity contribution is 0.169. The first-order valence-electron chi connectivity index (χ1n) is 5.41. The molecule has 1 N–H and O–H groups in total. The van der Waals surface area contributed by atoms with Crippen molar-refractivity contribution in [1.29, 1.82) is 0 Å². The maximum atomic E-state index is 5.43. The van der Waals surface area contributed by atoms with Crippen LogP contribution in [0.4, 0.5) is 0 Å². The van der Waals surface area contributed by atoms with Crippen LogP contribution < -0.4 is 14.8 Å². The summed E-state index contributed by atoms with van der Waals surface area (Å²) in [6.07, 6.45) is 0. The van der Waals surface area contributed by atoms with Crippen molar-refractivity contribution in [2.24, 2.45) is 0 Å². The minimum absolute atomic E-state index is 0.319. The fourth-order valence-corrected chi connectivity index (χ4v) is 1.72. The highest BCUT2D eigenvalue weighted by Gasteiger charge is 2.16. The first kappa shape index (κ1) is 11.2. The first-order valence-corrected chi connectivity index (χ1v) is 5.41. The minimum Gasteiger partial charge on any atom is -0.454 e. The van der Waals surface area contributed by atoms with Crippen LogP contribution in [0.2, 0.25) is 0 Å². The molecule has 0 bridgehead atoms. The molecule has 1 aromatic carbocycles. The molecule has 2 rings (SSSR count). The van der Waals surface area contributed by atoms with Crippen LogP contribution >= 0.6 is 0 Å². The molecule has 1 aliphatic heterocycles. The van der Waals surface area contributed by atoms with Crippen molar-refractivity contribution >= 4 is 0 Å². The van der Waals surface area contributed by atoms with Gasteiger partial charge >= 0.3 is 0 Å². The van der Waals surface area contributed by atoms with Crippen LogP contribution in [-0.2, 0) is 11.3 Å². The van der Waals surface area contributed by atoms with Gasteiger partial charge in [0.2, 0.25) is 6.79 Å². The molecule has 1 aromatic rings. The van der Waals surface area contributed by atoms with Crippen molar-refractivity contribution in [2.75, 3.05) is 20.5 Å². The van der Waals surface area contributed by atoms with Gasteiger partial charge in [-0.1, -0.05) is 12.1 Å². The predicted octanol–water partition coefficient (Wildman–Crippen LogP) is 1.54. The Morgan fingerprint density at radius 1 is 1.44 bits per heavy atom. The van der Waals surface area contributed by atoms with Gasteiger partial charge < -0.3 is 19.5 Å². The summed E-state index contributed by atoms with van der Waals surface area (Å²) >= 11 is 0. The van der Waals surface area contributed by atoms with Gasteiger partial charge in [-0.15, -0.1) is 0 Å². The Morgan fingerprint density at radius 2 is 2.31 bits per heavy atom. The Balaban J connectivity index is 1.97. The minimum atomic E-state index is 0.319. The third-order valence-corrected chi connectivity index (χ3v) is 2.54. The second-order valence-corrected chi connectivity index (χ2v) is 3.89. The Hall–Kier alpha value is -1.26. The molecule has 0 spiro atoms. The number of para-hydroxylation sites is 1. The molecule has 16 heavy (non-hydrogen) atoms. The number of rotatable bonds is 5. The summed E-state index contributed by atoms with van der Waals surface area (Å²) in [5.41, 5.74) is 1.12. The highest BCUT2D eigenvalue weighted by atomic mass is 16.7. The lowest BCUT2D eigenvalue weighted by atomic mass is 10.2. The Kier molecular flexibility index (Phi) is 3.64. The van der Waals surface area contributed by atoms with E-state index in [0.717, 1.165) is 23.6 Å². The molecule has 0 aliphatic carbocycles. The largest absolute Gasteiger partial charge is 0.454 e. The third kappa shape index (κ3) is 2.46. The monoisotopic (exact) mass is 223 g/mol. The zero-order valence-electron chi connectivity index (χ0n) is 9.66. The van der Waals surface area contributed by atoms with Crippen molar-refractivity contribution in [3.05, 3.63) is 23.8 Å². The number of benzene rings is 1. The van der Waals surface area contributed by atoms with Crippen molar-refractivity contribution < 1.29 is 14.2 Å². The average Bonchev–Trinajstić information content (AvgIpc) is 2.75. The van der Waals surface area contributed by atoms with Crippen molar-refractivity contribution in [3.63, 3.8) is 0 Å². The summed E-state index contributed by atoms with van der Waals surface area (Å²) in [5, 5.41) is 3.37. The van der Waals surface area contributed by atoms with E-state index in [4.69, 9.17) is 14.2 Å². The van der Waals surface area contributed by atoms with Crippen LogP contribution in [0, 0.1) is 0 Å². The van der Waals surface area contributed by atoms with Crippen molar-refractivity contribution in [2.45, 2.75) is 19.5 Å². The maximum absolute atomic E-state index is 5.43. The summed E-state index contributed by atoms with van der Waals surface area (Å²) in [6.45, 7) is 3.87. The molecule has 4 nitrogen and oxygen atoms in total. The molecule has 1 atom stereocenters. The fourth-order valence-electron chi connectivity index (χ4n) is 1.72. The van der Waals surface area contributed by atoms with Gasteiger partial charge in [0, 0.05) is 25.3 Å². The van der Waals surface area contributed by atoms with E-state index in [-0.39, 0.29) is 0 Å². The number of hydrogen-bond donors (Lipinski definition) is 1. The molecule has 0 saturated heterocycles. The van der Waals surface area contributed by atoms with E-state index >= 15 is 0 Å². The van der Waals surface area contributed by atoms with Gasteiger partial charge in [-0.05, 0) is 13.0 Å². The molecule has 0 fully saturated rings. The van der Waals surface area contributed by atoms with Gasteiger partial charge in [0.1, 0.15) is 0 Å². The van der Waals surface area contributed by atoms with Gasteiger partial charge in [-0.2, -0.15) is 0 Å². The van der Waals surface area contributed by atoms with Crippen LogP contribution in [0.5, 0.6) is 11.5 Å². The number of nitrogens with one attached hydrogen (secondary N) is 1. The number of fused-ring (bicyclic) bond motifs is 1. The van der Waals surface area contributed by atoms with Crippen molar-refractivity contribution in [3.8, 4) is 11.5 Å². The van der Waals surface area contributed by atoms with E-state index in [2.05, 4.69) is 12.2 Å². The smallest absolute Gasteiger partial charge is 0.231 e. The van der Waals surface area contributed by atoms with E-state index in [9.17, 15) is 0 Å². The highest BCUT2D eigenvalue weighted by Crippen LogP contribution is 2.35. The van der Waals surface area contributed by atoms with Gasteiger partial charge in [-0.25, -0.2) is 0 Å². The predicted molar refractivity (Wildman–Crippen MR) is 60.7 cm³/mol. The average molecular weight is 223 g/mol. The summed E-state index contributed by atoms with van der Waals surface area (Å²) in [7, 11) is 1.70. The molecule has 0 radical (unpaired) electrons. The Labute approximate surface area is 95.5 Å². The normalized spacial score (nSPS) is 15.1. The van der Waals surface area contributed by atoms with Crippen LogP contribution in [-0.4, -0.2) is 26.6 Å². The van der Waals surface area contributed by atoms with E-state index < -0.39 is 0 Å². The molecule has 1 aliphatic rings. The van der Waals surface area contributed by atoms with Crippen LogP contribution in [0.15, 0.2) is 18.2 Å². The number of methoxy groups -OCH3 is 1. The molecule has 1 heterocycles. The maximum Gasteiger partial charge on any atom is 0.231 e. The second kappa shape index (κ2) is 5.18. The first-order chi connectivity index (χ1) is 7.81. The fraction of sp³-hybridized carbons (Fsp3) is 0.500. The van der Waals surface area contributed by atoms with Crippen LogP contribution in [0.25, 0.3) is 0 Å². The van der Waals surface area contributed by atoms with Crippen LogP contribution in [0.1, 0.15) is 12.5 Å². The van der Waals surface area contributed by atoms with Gasteiger partial charge in [-0.3, -0.25) is 0 Å². The third-order valence-electron chi connectivity index (χ3n) is 2.54. The number of hydrogen-bond acceptors (Lipinski definition) is 4. The van der Waals surface area contributed by atoms with Gasteiger partial charge in [0.25, 0.3) is 0 Å². The lowest BCUT2D eigenvalue weighted by Gasteiger charge is -2.13. The molecule has 4 heteroatoms. The second-order valence-electron chi connectivity index (χ2n) is 3.89. The van der Waals surface area contributed by atoms with Crippen LogP contribution in [0.3, 0.4) is 0 Å². The standard InChI is InChI=1S/C12H17NO3/c1-9(7-14-2)13-6-10-4-3-5-11-12(10)16-8-15-11/h3-5,9,13H,6-8H2,1-2H3. The number of ether oxygens (including phenoxy) is 3. The topological polar surface area (TPSA) is 39.7 Å². The lowest BCUT2D eigenvalue weighted by Crippen LogP contribution is -2.29. The molecule has 0 saturated carbocycles. The molecule has 1 unspecified atom stereocenters. The quantitative estimate of drug-likeness (QED) is 0.822. The summed E-state index contributed by atoms with van der Waals surface area (Å²) in [6, 6.07) is 6.26. The van der Waals surface area contributed by atoms with Crippen molar-refractivity contribution in [1.82, 2.24) is 5.32 Å². The molecular weight excluding hydrogens is 206 g/mol. The van der Waals surface area contributed by atoms with E-state index in [1.165, 1.54) is 0 Å². The Morgan fingerprint density at radius 3 is 3.12 bits per heavy atom. The molecule has 88 valence electrons. The van der Waals surface area contributed by atoms with E-state index in [1.807, 2.05) is 18.2 Å². The summed E-state index contributed by atoms with van der Waals surface area (Å²) in [4.78, 5) is 0. The van der Waals surface area contributed by atoms with E-state index in [1.54, 1.807) is 7.11 Å². The SMILES string of the molecule is COCC(C)NCc1cccc2c1OCO2. The highest BCUT2D eigenvalue weighted by molar-refractivity contribution is 5.48. The zero-order chi connectivity index (χ0) is 11.4. The molecule has 0 amide bonds. The molecular formula is C12H17NO3. The summed E-state index contributed by atoms with van der Waals surface area (Å²) < 4.78 is 15.8. The Bertz CT molecular complexity index is 354. The van der Waals surface area contributed by atoms with Gasteiger partial charge in [0.05, 0.1) is 6.61 Å². The molecule has 0 aromatic heterocycles. The zero-order valence-corrected chi connectivity index (χ0v) is 9.66. The van der Waals surface area contributed by atoms with Gasteiger partial charge in [0.15, 0.2) is 11.5 Å².